The summed E-state index contributed by atoms with van der Waals surface area (Å²) in [6.07, 6.45) is 0. The second-order valence-corrected chi connectivity index (χ2v) is 10.1. The van der Waals surface area contributed by atoms with Crippen LogP contribution in [0.2, 0.25) is 0 Å². The number of likely N-dealkylation sites (N-methyl/N-ethyl adjacent to an activating group) is 1. The number of ether oxygens (including phenoxy) is 1. The van der Waals surface area contributed by atoms with E-state index < -0.39 is 5.82 Å². The molecule has 0 spiro atoms. The fourth-order valence-corrected chi connectivity index (χ4v) is 3.99. The van der Waals surface area contributed by atoms with Gasteiger partial charge in [-0.3, -0.25) is 0 Å². The Bertz CT molecular complexity index is 1350. The zero-order valence-corrected chi connectivity index (χ0v) is 20.6. The second kappa shape index (κ2) is 8.84. The molecule has 1 fully saturated rings. The zero-order valence-electron chi connectivity index (χ0n) is 20.6. The number of aromatic amines is 1. The Morgan fingerprint density at radius 3 is 2.51 bits per heavy atom. The van der Waals surface area contributed by atoms with Gasteiger partial charge in [-0.05, 0) is 26.1 Å². The van der Waals surface area contributed by atoms with E-state index >= 15 is 0 Å². The minimum Gasteiger partial charge on any atom is -0.421 e. The Balaban J connectivity index is 1.48. The van der Waals surface area contributed by atoms with E-state index in [1.54, 1.807) is 6.07 Å². The lowest BCUT2D eigenvalue weighted by Gasteiger charge is -2.33. The largest absolute Gasteiger partial charge is 0.421 e. The summed E-state index contributed by atoms with van der Waals surface area (Å²) in [7, 11) is 2.10. The van der Waals surface area contributed by atoms with Gasteiger partial charge in [0.25, 0.3) is 0 Å². The highest BCUT2D eigenvalue weighted by Gasteiger charge is 2.22. The smallest absolute Gasteiger partial charge is 0.326 e. The molecule has 1 saturated heterocycles. The van der Waals surface area contributed by atoms with Crippen molar-refractivity contribution in [3.63, 3.8) is 0 Å². The molecule has 4 heterocycles. The van der Waals surface area contributed by atoms with Gasteiger partial charge in [0.1, 0.15) is 17.4 Å². The molecule has 1 aromatic carbocycles. The number of hydrogen-bond acceptors (Lipinski definition) is 8. The summed E-state index contributed by atoms with van der Waals surface area (Å²) in [5, 5.41) is 8.16. The summed E-state index contributed by atoms with van der Waals surface area (Å²) in [6.45, 7) is 11.5. The lowest BCUT2D eigenvalue weighted by Crippen LogP contribution is -2.44. The molecule has 0 aliphatic carbocycles. The van der Waals surface area contributed by atoms with Crippen molar-refractivity contribution in [3.05, 3.63) is 47.6 Å². The SMILES string of the molecule is Cc1cc2cc(Oc3nc(Nc4cc(C(C)(C)C)on4)cc(N4CCN(C)CC4)n3)c(F)cc2[nH]1. The summed E-state index contributed by atoms with van der Waals surface area (Å²) < 4.78 is 26.2. The molecule has 0 amide bonds. The Morgan fingerprint density at radius 1 is 1.03 bits per heavy atom. The highest BCUT2D eigenvalue weighted by Crippen LogP contribution is 2.31. The van der Waals surface area contributed by atoms with Crippen LogP contribution in [-0.4, -0.2) is 58.2 Å². The van der Waals surface area contributed by atoms with Gasteiger partial charge in [-0.1, -0.05) is 25.9 Å². The van der Waals surface area contributed by atoms with Crippen molar-refractivity contribution in [1.29, 1.82) is 0 Å². The Kier molecular flexibility index (Phi) is 5.84. The molecular weight excluding hydrogens is 449 g/mol. The normalized spacial score (nSPS) is 15.1. The number of rotatable bonds is 5. The van der Waals surface area contributed by atoms with Crippen LogP contribution in [0.3, 0.4) is 0 Å². The minimum atomic E-state index is -0.492. The molecule has 0 bridgehead atoms. The van der Waals surface area contributed by atoms with E-state index in [0.29, 0.717) is 23.0 Å². The van der Waals surface area contributed by atoms with Crippen molar-refractivity contribution in [2.24, 2.45) is 0 Å². The van der Waals surface area contributed by atoms with Crippen LogP contribution in [0.5, 0.6) is 11.8 Å². The fourth-order valence-electron chi connectivity index (χ4n) is 3.99. The number of benzene rings is 1. The van der Waals surface area contributed by atoms with Crippen LogP contribution >= 0.6 is 0 Å². The quantitative estimate of drug-likeness (QED) is 0.414. The van der Waals surface area contributed by atoms with Gasteiger partial charge in [-0.15, -0.1) is 0 Å². The third-order valence-corrected chi connectivity index (χ3v) is 6.03. The maximum absolute atomic E-state index is 14.8. The number of piperazine rings is 1. The van der Waals surface area contributed by atoms with Crippen molar-refractivity contribution in [1.82, 2.24) is 25.0 Å². The van der Waals surface area contributed by atoms with E-state index in [1.807, 2.05) is 25.1 Å². The summed E-state index contributed by atoms with van der Waals surface area (Å²) in [5.41, 5.74) is 1.48. The molecule has 10 heteroatoms. The van der Waals surface area contributed by atoms with Crippen molar-refractivity contribution in [2.45, 2.75) is 33.1 Å². The molecule has 4 aromatic rings. The number of fused-ring (bicyclic) bond motifs is 1. The number of aryl methyl sites for hydroxylation is 1. The standard InChI is InChI=1S/C25H30FN7O2/c1-15-10-16-11-19(17(26)12-18(16)27-15)34-24-29-21(28-22-13-20(35-31-22)25(2,3)4)14-23(30-24)33-8-6-32(5)7-9-33/h10-14,27H,6-9H2,1-5H3,(H,28,29,30,31). The molecule has 1 aliphatic rings. The molecule has 5 rings (SSSR count). The van der Waals surface area contributed by atoms with E-state index in [-0.39, 0.29) is 17.2 Å². The number of hydrogen-bond donors (Lipinski definition) is 2. The van der Waals surface area contributed by atoms with Crippen molar-refractivity contribution >= 4 is 28.4 Å². The van der Waals surface area contributed by atoms with Crippen LogP contribution in [-0.2, 0) is 5.41 Å². The van der Waals surface area contributed by atoms with Gasteiger partial charge in [-0.2, -0.15) is 9.97 Å². The topological polar surface area (TPSA) is 95.3 Å². The lowest BCUT2D eigenvalue weighted by atomic mass is 9.93. The zero-order chi connectivity index (χ0) is 24.7. The van der Waals surface area contributed by atoms with Gasteiger partial charge in [0.2, 0.25) is 0 Å². The molecule has 0 atom stereocenters. The Hall–Kier alpha value is -3.66. The van der Waals surface area contributed by atoms with Crippen LogP contribution in [0.1, 0.15) is 32.2 Å². The summed E-state index contributed by atoms with van der Waals surface area (Å²) in [6, 6.07) is 8.76. The van der Waals surface area contributed by atoms with E-state index in [2.05, 4.69) is 63.0 Å². The molecule has 35 heavy (non-hydrogen) atoms. The van der Waals surface area contributed by atoms with E-state index in [0.717, 1.165) is 43.0 Å². The number of anilines is 3. The third kappa shape index (κ3) is 5.07. The molecule has 0 saturated carbocycles. The molecule has 184 valence electrons. The first-order valence-corrected chi connectivity index (χ1v) is 11.7. The first-order valence-electron chi connectivity index (χ1n) is 11.7. The molecule has 1 aliphatic heterocycles. The maximum Gasteiger partial charge on any atom is 0.326 e. The molecule has 9 nitrogen and oxygen atoms in total. The predicted molar refractivity (Wildman–Crippen MR) is 133 cm³/mol. The first-order chi connectivity index (χ1) is 16.6. The van der Waals surface area contributed by atoms with Gasteiger partial charge >= 0.3 is 6.01 Å². The van der Waals surface area contributed by atoms with Gasteiger partial charge in [0, 0.05) is 66.4 Å². The lowest BCUT2D eigenvalue weighted by molar-refractivity contribution is 0.311. The predicted octanol–water partition coefficient (Wildman–Crippen LogP) is 4.98. The van der Waals surface area contributed by atoms with Crippen LogP contribution in [0.25, 0.3) is 10.9 Å². The molecule has 0 radical (unpaired) electrons. The van der Waals surface area contributed by atoms with Gasteiger partial charge in [0.05, 0.1) is 0 Å². The Morgan fingerprint density at radius 2 is 1.80 bits per heavy atom. The highest BCUT2D eigenvalue weighted by atomic mass is 19.1. The average molecular weight is 480 g/mol. The average Bonchev–Trinajstić information content (AvgIpc) is 3.40. The Labute approximate surface area is 203 Å². The van der Waals surface area contributed by atoms with Crippen molar-refractivity contribution in [3.8, 4) is 11.8 Å². The summed E-state index contributed by atoms with van der Waals surface area (Å²) in [5.74, 6) is 2.03. The van der Waals surface area contributed by atoms with Crippen LogP contribution in [0, 0.1) is 12.7 Å². The van der Waals surface area contributed by atoms with Crippen LogP contribution in [0.4, 0.5) is 21.8 Å². The van der Waals surface area contributed by atoms with Crippen molar-refractivity contribution < 1.29 is 13.7 Å². The van der Waals surface area contributed by atoms with Crippen LogP contribution < -0.4 is 15.0 Å². The molecular formula is C25H30FN7O2. The third-order valence-electron chi connectivity index (χ3n) is 6.03. The second-order valence-electron chi connectivity index (χ2n) is 10.1. The molecule has 3 aromatic heterocycles. The van der Waals surface area contributed by atoms with Gasteiger partial charge < -0.3 is 29.4 Å². The van der Waals surface area contributed by atoms with E-state index in [4.69, 9.17) is 9.26 Å². The van der Waals surface area contributed by atoms with Crippen molar-refractivity contribution in [2.75, 3.05) is 43.4 Å². The van der Waals surface area contributed by atoms with E-state index in [9.17, 15) is 4.39 Å². The van der Waals surface area contributed by atoms with E-state index in [1.165, 1.54) is 6.07 Å². The number of aromatic nitrogens is 4. The number of halogens is 1. The fraction of sp³-hybridized carbons (Fsp3) is 0.400. The first kappa shape index (κ1) is 23.1. The monoisotopic (exact) mass is 479 g/mol. The minimum absolute atomic E-state index is 0.0500. The highest BCUT2D eigenvalue weighted by molar-refractivity contribution is 5.82. The number of H-pyrrole nitrogens is 1. The maximum atomic E-state index is 14.8. The van der Waals surface area contributed by atoms with Crippen LogP contribution in [0.15, 0.2) is 34.9 Å². The summed E-state index contributed by atoms with van der Waals surface area (Å²) >= 11 is 0. The molecule has 0 unspecified atom stereocenters. The van der Waals surface area contributed by atoms with Gasteiger partial charge in [0.15, 0.2) is 17.4 Å². The molecule has 2 N–H and O–H groups in total. The number of nitrogens with one attached hydrogen (secondary N) is 2. The number of nitrogens with zero attached hydrogens (tertiary/aromatic N) is 5. The van der Waals surface area contributed by atoms with Gasteiger partial charge in [-0.25, -0.2) is 4.39 Å². The summed E-state index contributed by atoms with van der Waals surface area (Å²) in [4.78, 5) is 16.7.